The van der Waals surface area contributed by atoms with Crippen molar-refractivity contribution in [1.29, 1.82) is 0 Å². The first kappa shape index (κ1) is 22.5. The number of allylic oxidation sites excluding steroid dienone is 1. The van der Waals surface area contributed by atoms with Gasteiger partial charge in [-0.05, 0) is 124 Å². The minimum Gasteiger partial charge on any atom is -0.393 e. The Labute approximate surface area is 191 Å². The van der Waals surface area contributed by atoms with Gasteiger partial charge in [-0.15, -0.1) is 0 Å². The molecule has 0 radical (unpaired) electrons. The van der Waals surface area contributed by atoms with Crippen LogP contribution >= 0.6 is 0 Å². The summed E-state index contributed by atoms with van der Waals surface area (Å²) in [5.74, 6) is 4.07. The fourth-order valence-corrected chi connectivity index (χ4v) is 9.54. The normalized spacial score (nSPS) is 48.6. The Bertz CT molecular complexity index is 689. The van der Waals surface area contributed by atoms with Gasteiger partial charge >= 0.3 is 0 Å². The second-order valence-corrected chi connectivity index (χ2v) is 13.3. The molecule has 0 saturated heterocycles. The van der Waals surface area contributed by atoms with Crippen LogP contribution < -0.4 is 0 Å². The van der Waals surface area contributed by atoms with Gasteiger partial charge in [-0.2, -0.15) is 0 Å². The quantitative estimate of drug-likeness (QED) is 0.461. The van der Waals surface area contributed by atoms with Crippen LogP contribution in [0.5, 0.6) is 0 Å². The summed E-state index contributed by atoms with van der Waals surface area (Å²) in [7, 11) is 0. The first-order chi connectivity index (χ1) is 14.7. The lowest BCUT2D eigenvalue weighted by molar-refractivity contribution is -0.0663. The average molecular weight is 429 g/mol. The van der Waals surface area contributed by atoms with Crippen LogP contribution in [0.2, 0.25) is 0 Å². The van der Waals surface area contributed by atoms with Crippen LogP contribution in [-0.4, -0.2) is 21.9 Å². The highest BCUT2D eigenvalue weighted by atomic mass is 16.3. The molecule has 0 aromatic heterocycles. The summed E-state index contributed by atoms with van der Waals surface area (Å²) >= 11 is 0. The smallest absolute Gasteiger partial charge is 0.0657 e. The lowest BCUT2D eigenvalue weighted by Gasteiger charge is -2.59. The maximum absolute atomic E-state index is 10.7. The van der Waals surface area contributed by atoms with Crippen LogP contribution in [0, 0.1) is 40.4 Å². The van der Waals surface area contributed by atoms with Crippen LogP contribution in [0.3, 0.4) is 0 Å². The summed E-state index contributed by atoms with van der Waals surface area (Å²) in [5, 5.41) is 21.3. The molecule has 0 bridgehead atoms. The standard InChI is InChI=1S/C29H48O2/c1-27(31)17-18-29(3)22(19-27)11-13-23-24-14-12-21(28(24,2)16-15-25(23)29)9-6-10-26(30)20-7-4-5-8-20/h11,20-21,23-26,30-31H,4-10,12-19H2,1-3H3/t21?,23?,24?,25?,26?,27-,28?,29-/m0/s1. The van der Waals surface area contributed by atoms with Crippen molar-refractivity contribution in [3.05, 3.63) is 11.6 Å². The van der Waals surface area contributed by atoms with Gasteiger partial charge in [0.15, 0.2) is 0 Å². The highest BCUT2D eigenvalue weighted by Gasteiger charge is 2.58. The summed E-state index contributed by atoms with van der Waals surface area (Å²) in [6.07, 6.45) is 21.3. The molecule has 5 rings (SSSR count). The van der Waals surface area contributed by atoms with E-state index >= 15 is 0 Å². The van der Waals surface area contributed by atoms with Crippen molar-refractivity contribution < 1.29 is 10.2 Å². The highest BCUT2D eigenvalue weighted by molar-refractivity contribution is 5.26. The second-order valence-electron chi connectivity index (χ2n) is 13.3. The topological polar surface area (TPSA) is 40.5 Å². The van der Waals surface area contributed by atoms with E-state index in [9.17, 15) is 10.2 Å². The van der Waals surface area contributed by atoms with Crippen molar-refractivity contribution in [2.24, 2.45) is 40.4 Å². The number of hydrogen-bond donors (Lipinski definition) is 2. The molecule has 176 valence electrons. The molecule has 0 amide bonds. The van der Waals surface area contributed by atoms with Crippen molar-refractivity contribution in [2.75, 3.05) is 0 Å². The van der Waals surface area contributed by atoms with E-state index in [1.54, 1.807) is 5.57 Å². The lowest BCUT2D eigenvalue weighted by Crippen LogP contribution is -2.51. The minimum atomic E-state index is -0.483. The van der Waals surface area contributed by atoms with Gasteiger partial charge in [0.2, 0.25) is 0 Å². The molecule has 0 heterocycles. The van der Waals surface area contributed by atoms with Crippen LogP contribution in [0.25, 0.3) is 0 Å². The molecule has 0 aromatic rings. The molecule has 4 saturated carbocycles. The predicted octanol–water partition coefficient (Wildman–Crippen LogP) is 7.04. The average Bonchev–Trinajstić information content (AvgIpc) is 3.37. The zero-order valence-corrected chi connectivity index (χ0v) is 20.5. The molecule has 2 nitrogen and oxygen atoms in total. The Morgan fingerprint density at radius 3 is 2.52 bits per heavy atom. The van der Waals surface area contributed by atoms with Crippen LogP contribution in [0.15, 0.2) is 11.6 Å². The van der Waals surface area contributed by atoms with E-state index in [4.69, 9.17) is 0 Å². The monoisotopic (exact) mass is 428 g/mol. The molecule has 8 atom stereocenters. The Hall–Kier alpha value is -0.340. The Morgan fingerprint density at radius 1 is 0.968 bits per heavy atom. The summed E-state index contributed by atoms with van der Waals surface area (Å²) in [5.41, 5.74) is 1.98. The molecule has 0 aliphatic heterocycles. The van der Waals surface area contributed by atoms with Crippen molar-refractivity contribution in [1.82, 2.24) is 0 Å². The van der Waals surface area contributed by atoms with Crippen molar-refractivity contribution in [3.8, 4) is 0 Å². The highest BCUT2D eigenvalue weighted by Crippen LogP contribution is 2.67. The van der Waals surface area contributed by atoms with Gasteiger partial charge < -0.3 is 10.2 Å². The molecule has 2 N–H and O–H groups in total. The first-order valence-electron chi connectivity index (χ1n) is 13.8. The third-order valence-corrected chi connectivity index (χ3v) is 11.6. The molecule has 5 aliphatic rings. The maximum atomic E-state index is 10.7. The molecule has 2 heteroatoms. The molecule has 6 unspecified atom stereocenters. The van der Waals surface area contributed by atoms with E-state index in [-0.39, 0.29) is 6.10 Å². The van der Waals surface area contributed by atoms with E-state index < -0.39 is 5.60 Å². The van der Waals surface area contributed by atoms with Gasteiger partial charge in [0.25, 0.3) is 0 Å². The predicted molar refractivity (Wildman–Crippen MR) is 128 cm³/mol. The molecule has 5 aliphatic carbocycles. The maximum Gasteiger partial charge on any atom is 0.0657 e. The van der Waals surface area contributed by atoms with Gasteiger partial charge in [-0.3, -0.25) is 0 Å². The number of aliphatic hydroxyl groups is 2. The number of rotatable bonds is 5. The Kier molecular flexibility index (Phi) is 5.91. The van der Waals surface area contributed by atoms with Gasteiger partial charge in [-0.1, -0.05) is 44.8 Å². The minimum absolute atomic E-state index is 0.0337. The van der Waals surface area contributed by atoms with Gasteiger partial charge in [-0.25, -0.2) is 0 Å². The summed E-state index contributed by atoms with van der Waals surface area (Å²) in [4.78, 5) is 0. The van der Waals surface area contributed by atoms with Crippen LogP contribution in [0.4, 0.5) is 0 Å². The van der Waals surface area contributed by atoms with Crippen molar-refractivity contribution in [2.45, 2.75) is 129 Å². The SMILES string of the molecule is CC12CCC3C(CC=C4C[C@@](C)(O)CC[C@@]43C)C1CCC2CCCC(O)C1CCCC1. The number of aliphatic hydroxyl groups excluding tert-OH is 1. The zero-order chi connectivity index (χ0) is 21.9. The van der Waals surface area contributed by atoms with Crippen molar-refractivity contribution in [3.63, 3.8) is 0 Å². The summed E-state index contributed by atoms with van der Waals surface area (Å²) in [6, 6.07) is 0. The Morgan fingerprint density at radius 2 is 1.74 bits per heavy atom. The van der Waals surface area contributed by atoms with Gasteiger partial charge in [0.1, 0.15) is 0 Å². The first-order valence-corrected chi connectivity index (χ1v) is 13.8. The fraction of sp³-hybridized carbons (Fsp3) is 0.931. The third kappa shape index (κ3) is 3.86. The largest absolute Gasteiger partial charge is 0.393 e. The van der Waals surface area contributed by atoms with Gasteiger partial charge in [0, 0.05) is 0 Å². The van der Waals surface area contributed by atoms with E-state index in [0.29, 0.717) is 16.7 Å². The molecule has 0 spiro atoms. The van der Waals surface area contributed by atoms with Crippen LogP contribution in [-0.2, 0) is 0 Å². The van der Waals surface area contributed by atoms with Crippen LogP contribution in [0.1, 0.15) is 117 Å². The van der Waals surface area contributed by atoms with E-state index in [1.165, 1.54) is 77.0 Å². The number of fused-ring (bicyclic) bond motifs is 5. The molecular formula is C29H48O2. The summed E-state index contributed by atoms with van der Waals surface area (Å²) in [6.45, 7) is 7.24. The molecule has 31 heavy (non-hydrogen) atoms. The van der Waals surface area contributed by atoms with E-state index in [2.05, 4.69) is 19.9 Å². The third-order valence-electron chi connectivity index (χ3n) is 11.6. The van der Waals surface area contributed by atoms with E-state index in [1.807, 2.05) is 6.92 Å². The lowest BCUT2D eigenvalue weighted by atomic mass is 9.46. The van der Waals surface area contributed by atoms with Gasteiger partial charge in [0.05, 0.1) is 11.7 Å². The fourth-order valence-electron chi connectivity index (χ4n) is 9.54. The Balaban J connectivity index is 1.24. The summed E-state index contributed by atoms with van der Waals surface area (Å²) < 4.78 is 0. The molecule has 0 aromatic carbocycles. The zero-order valence-electron chi connectivity index (χ0n) is 20.5. The van der Waals surface area contributed by atoms with Crippen molar-refractivity contribution >= 4 is 0 Å². The van der Waals surface area contributed by atoms with E-state index in [0.717, 1.165) is 42.9 Å². The molecule has 4 fully saturated rings. The number of hydrogen-bond acceptors (Lipinski definition) is 2. The second kappa shape index (κ2) is 8.15. The molecular weight excluding hydrogens is 380 g/mol.